The quantitative estimate of drug-likeness (QED) is 0.682. The average molecular weight is 338 g/mol. The van der Waals surface area contributed by atoms with Gasteiger partial charge in [0.2, 0.25) is 0 Å². The molecule has 108 valence electrons. The van der Waals surface area contributed by atoms with Gasteiger partial charge in [-0.3, -0.25) is 9.36 Å². The van der Waals surface area contributed by atoms with Crippen LogP contribution in [-0.4, -0.2) is 20.8 Å². The highest BCUT2D eigenvalue weighted by atomic mass is 35.5. The van der Waals surface area contributed by atoms with Gasteiger partial charge in [0.05, 0.1) is 5.69 Å². The van der Waals surface area contributed by atoms with E-state index in [1.807, 2.05) is 25.3 Å². The van der Waals surface area contributed by atoms with E-state index in [0.717, 1.165) is 10.0 Å². The Bertz CT molecular complexity index is 855. The number of hydrogen-bond acceptors (Lipinski definition) is 5. The number of benzene rings is 1. The van der Waals surface area contributed by atoms with Gasteiger partial charge < -0.3 is 0 Å². The van der Waals surface area contributed by atoms with Crippen molar-refractivity contribution < 1.29 is 0 Å². The fourth-order valence-corrected chi connectivity index (χ4v) is 3.63. The number of hydrogen-bond donors (Lipinski definition) is 0. The Morgan fingerprint density at radius 1 is 1.29 bits per heavy atom. The summed E-state index contributed by atoms with van der Waals surface area (Å²) in [4.78, 5) is 21.7. The molecule has 0 N–H and O–H groups in total. The first kappa shape index (κ1) is 14.6. The Kier molecular flexibility index (Phi) is 4.01. The van der Waals surface area contributed by atoms with E-state index < -0.39 is 0 Å². The molecule has 0 spiro atoms. The predicted molar refractivity (Wildman–Crippen MR) is 89.2 cm³/mol. The molecule has 3 aromatic rings. The summed E-state index contributed by atoms with van der Waals surface area (Å²) in [6, 6.07) is 7.19. The topological polar surface area (TPSA) is 47.8 Å². The lowest BCUT2D eigenvalue weighted by molar-refractivity contribution is 0.831. The second-order valence-electron chi connectivity index (χ2n) is 4.34. The van der Waals surface area contributed by atoms with Crippen LogP contribution in [0.4, 0.5) is 0 Å². The largest absolute Gasteiger partial charge is 0.277 e. The lowest BCUT2D eigenvalue weighted by Crippen LogP contribution is -2.22. The van der Waals surface area contributed by atoms with Crippen LogP contribution in [0.3, 0.4) is 0 Å². The summed E-state index contributed by atoms with van der Waals surface area (Å²) in [5, 5.41) is 0.640. The Labute approximate surface area is 134 Å². The number of rotatable bonds is 3. The summed E-state index contributed by atoms with van der Waals surface area (Å²) in [5.41, 5.74) is 1.24. The van der Waals surface area contributed by atoms with Gasteiger partial charge in [-0.1, -0.05) is 30.3 Å². The van der Waals surface area contributed by atoms with E-state index in [4.69, 9.17) is 11.6 Å². The number of fused-ring (bicyclic) bond motifs is 1. The van der Waals surface area contributed by atoms with Crippen molar-refractivity contribution >= 4 is 45.0 Å². The third-order valence-electron chi connectivity index (χ3n) is 3.06. The molecular formula is C14H12ClN3OS2. The van der Waals surface area contributed by atoms with Crippen LogP contribution in [0.5, 0.6) is 0 Å². The highest BCUT2D eigenvalue weighted by molar-refractivity contribution is 8.00. The first-order chi connectivity index (χ1) is 10.1. The lowest BCUT2D eigenvalue weighted by atomic mass is 10.3. The van der Waals surface area contributed by atoms with Crippen LogP contribution in [-0.2, 0) is 6.42 Å². The van der Waals surface area contributed by atoms with Crippen LogP contribution in [0.2, 0.25) is 5.02 Å². The lowest BCUT2D eigenvalue weighted by Gasteiger charge is -2.10. The van der Waals surface area contributed by atoms with Gasteiger partial charge in [-0.25, -0.2) is 9.97 Å². The average Bonchev–Trinajstić information content (AvgIpc) is 2.92. The number of aromatic nitrogens is 3. The maximum absolute atomic E-state index is 12.8. The van der Waals surface area contributed by atoms with Gasteiger partial charge in [-0.15, -0.1) is 11.3 Å². The number of halogens is 1. The van der Waals surface area contributed by atoms with Gasteiger partial charge in [-0.2, -0.15) is 0 Å². The highest BCUT2D eigenvalue weighted by Gasteiger charge is 2.15. The maximum atomic E-state index is 12.8. The zero-order chi connectivity index (χ0) is 15.0. The monoisotopic (exact) mass is 337 g/mol. The molecule has 0 atom stereocenters. The van der Waals surface area contributed by atoms with Gasteiger partial charge in [0, 0.05) is 11.4 Å². The van der Waals surface area contributed by atoms with Crippen molar-refractivity contribution in [2.45, 2.75) is 17.7 Å². The smallest absolute Gasteiger partial charge is 0.267 e. The second-order valence-corrected chi connectivity index (χ2v) is 6.82. The van der Waals surface area contributed by atoms with E-state index >= 15 is 0 Å². The summed E-state index contributed by atoms with van der Waals surface area (Å²) >= 11 is 8.82. The third-order valence-corrected chi connectivity index (χ3v) is 5.33. The van der Waals surface area contributed by atoms with Gasteiger partial charge in [-0.05, 0) is 30.5 Å². The molecule has 2 aromatic heterocycles. The van der Waals surface area contributed by atoms with Crippen LogP contribution in [0.15, 0.2) is 33.4 Å². The van der Waals surface area contributed by atoms with E-state index in [2.05, 4.69) is 9.97 Å². The highest BCUT2D eigenvalue weighted by Crippen LogP contribution is 2.25. The molecule has 7 heteroatoms. The Morgan fingerprint density at radius 2 is 2.00 bits per heavy atom. The fraction of sp³-hybridized carbons (Fsp3) is 0.214. The fourth-order valence-electron chi connectivity index (χ4n) is 2.08. The molecule has 1 aromatic carbocycles. The zero-order valence-corrected chi connectivity index (χ0v) is 13.8. The molecular weight excluding hydrogens is 326 g/mol. The normalized spacial score (nSPS) is 11.2. The molecule has 0 aliphatic heterocycles. The molecule has 0 aliphatic rings. The molecule has 0 unspecified atom stereocenters. The standard InChI is InChI=1S/C14H12ClN3OS2/c1-3-10-16-12-11(21-14(17-12)20-2)13(19)18(10)9-6-4-8(15)5-7-9/h4-7H,3H2,1-2H3. The molecule has 0 amide bonds. The number of thioether (sulfide) groups is 1. The Morgan fingerprint density at radius 3 is 2.62 bits per heavy atom. The number of aryl methyl sites for hydroxylation is 1. The van der Waals surface area contributed by atoms with Crippen molar-refractivity contribution in [3.63, 3.8) is 0 Å². The summed E-state index contributed by atoms with van der Waals surface area (Å²) in [7, 11) is 0. The van der Waals surface area contributed by atoms with Gasteiger partial charge in [0.25, 0.3) is 5.56 Å². The predicted octanol–water partition coefficient (Wildman–Crippen LogP) is 3.78. The van der Waals surface area contributed by atoms with E-state index in [9.17, 15) is 4.79 Å². The maximum Gasteiger partial charge on any atom is 0.277 e. The molecule has 0 radical (unpaired) electrons. The third kappa shape index (κ3) is 2.59. The van der Waals surface area contributed by atoms with Crippen molar-refractivity contribution in [3.8, 4) is 5.69 Å². The van der Waals surface area contributed by atoms with Gasteiger partial charge >= 0.3 is 0 Å². The molecule has 0 aliphatic carbocycles. The minimum atomic E-state index is -0.0722. The van der Waals surface area contributed by atoms with Crippen LogP contribution in [0.1, 0.15) is 12.7 Å². The van der Waals surface area contributed by atoms with Gasteiger partial charge in [0.1, 0.15) is 10.5 Å². The van der Waals surface area contributed by atoms with E-state index in [1.165, 1.54) is 23.1 Å². The molecule has 2 heterocycles. The molecule has 21 heavy (non-hydrogen) atoms. The van der Waals surface area contributed by atoms with Crippen LogP contribution in [0, 0.1) is 0 Å². The first-order valence-electron chi connectivity index (χ1n) is 6.36. The molecule has 3 rings (SSSR count). The van der Waals surface area contributed by atoms with Crippen molar-refractivity contribution in [1.29, 1.82) is 0 Å². The summed E-state index contributed by atoms with van der Waals surface area (Å²) in [6.45, 7) is 1.97. The Balaban J connectivity index is 2.32. The number of nitrogens with zero attached hydrogens (tertiary/aromatic N) is 3. The van der Waals surface area contributed by atoms with Crippen molar-refractivity contribution in [2.24, 2.45) is 0 Å². The molecule has 0 bridgehead atoms. The minimum Gasteiger partial charge on any atom is -0.267 e. The van der Waals surface area contributed by atoms with E-state index in [1.54, 1.807) is 16.7 Å². The zero-order valence-electron chi connectivity index (χ0n) is 11.5. The van der Waals surface area contributed by atoms with Crippen molar-refractivity contribution in [1.82, 2.24) is 14.5 Å². The van der Waals surface area contributed by atoms with Crippen LogP contribution < -0.4 is 5.56 Å². The van der Waals surface area contributed by atoms with Crippen molar-refractivity contribution in [2.75, 3.05) is 6.26 Å². The van der Waals surface area contributed by atoms with Crippen molar-refractivity contribution in [3.05, 3.63) is 45.5 Å². The molecule has 4 nitrogen and oxygen atoms in total. The van der Waals surface area contributed by atoms with E-state index in [-0.39, 0.29) is 5.56 Å². The minimum absolute atomic E-state index is 0.0722. The summed E-state index contributed by atoms with van der Waals surface area (Å²) in [5.74, 6) is 0.702. The number of thiazole rings is 1. The SMILES string of the molecule is CCc1nc2nc(SC)sc2c(=O)n1-c1ccc(Cl)cc1. The first-order valence-corrected chi connectivity index (χ1v) is 8.78. The summed E-state index contributed by atoms with van der Waals surface area (Å²) in [6.07, 6.45) is 2.59. The van der Waals surface area contributed by atoms with Crippen LogP contribution in [0.25, 0.3) is 16.0 Å². The molecule has 0 saturated heterocycles. The Hall–Kier alpha value is -1.37. The molecule has 0 fully saturated rings. The molecule has 0 saturated carbocycles. The summed E-state index contributed by atoms with van der Waals surface area (Å²) < 4.78 is 3.08. The van der Waals surface area contributed by atoms with E-state index in [0.29, 0.717) is 27.6 Å². The van der Waals surface area contributed by atoms with Gasteiger partial charge in [0.15, 0.2) is 9.99 Å². The van der Waals surface area contributed by atoms with Crippen LogP contribution >= 0.6 is 34.7 Å². The second kappa shape index (κ2) is 5.79.